The van der Waals surface area contributed by atoms with Gasteiger partial charge in [-0.1, -0.05) is 78.9 Å². The summed E-state index contributed by atoms with van der Waals surface area (Å²) >= 11 is 5.49. The van der Waals surface area contributed by atoms with Crippen LogP contribution in [0.1, 0.15) is 0 Å². The Kier molecular flexibility index (Phi) is 4.15. The zero-order valence-electron chi connectivity index (χ0n) is 14.3. The lowest BCUT2D eigenvalue weighted by Gasteiger charge is -2.02. The minimum absolute atomic E-state index is 0.886. The molecule has 0 fully saturated rings. The average Bonchev–Trinajstić information content (AvgIpc) is 3.29. The molecule has 0 unspecified atom stereocenters. The smallest absolute Gasteiger partial charge is 0.141 e. The fourth-order valence-electron chi connectivity index (χ4n) is 3.35. The second-order valence-electron chi connectivity index (χ2n) is 6.29. The van der Waals surface area contributed by atoms with Crippen LogP contribution >= 0.6 is 27.3 Å². The van der Waals surface area contributed by atoms with E-state index in [9.17, 15) is 0 Å². The second-order valence-corrected chi connectivity index (χ2v) is 8.66. The minimum atomic E-state index is 0.886. The number of imidazole rings is 1. The molecule has 2 aromatic heterocycles. The third-order valence-corrected chi connectivity index (χ3v) is 6.44. The van der Waals surface area contributed by atoms with Crippen LogP contribution in [-0.4, -0.2) is 9.97 Å². The molecule has 130 valence electrons. The summed E-state index contributed by atoms with van der Waals surface area (Å²) in [6.45, 7) is 0. The van der Waals surface area contributed by atoms with Gasteiger partial charge in [-0.2, -0.15) is 0 Å². The highest BCUT2D eigenvalue weighted by molar-refractivity contribution is 9.11. The standard InChI is InChI=1S/C23H15BrN2S/c24-22-19(17-13-7-8-14-18(17)27-22)23-25-20(15-9-3-1-4-10-15)21(26-23)16-11-5-2-6-12-16/h1-14H,(H,25,26). The Morgan fingerprint density at radius 3 is 2.11 bits per heavy atom. The Morgan fingerprint density at radius 2 is 1.37 bits per heavy atom. The molecule has 0 radical (unpaired) electrons. The lowest BCUT2D eigenvalue weighted by molar-refractivity contribution is 1.32. The summed E-state index contributed by atoms with van der Waals surface area (Å²) in [5, 5.41) is 1.21. The lowest BCUT2D eigenvalue weighted by atomic mass is 10.1. The van der Waals surface area contributed by atoms with E-state index in [1.807, 2.05) is 24.3 Å². The number of aromatic amines is 1. The number of hydrogen-bond acceptors (Lipinski definition) is 2. The van der Waals surface area contributed by atoms with Crippen molar-refractivity contribution >= 4 is 37.4 Å². The molecule has 0 amide bonds. The highest BCUT2D eigenvalue weighted by Gasteiger charge is 2.19. The van der Waals surface area contributed by atoms with Gasteiger partial charge in [0.1, 0.15) is 5.82 Å². The average molecular weight is 431 g/mol. The van der Waals surface area contributed by atoms with E-state index < -0.39 is 0 Å². The quantitative estimate of drug-likeness (QED) is 0.317. The number of benzene rings is 3. The summed E-state index contributed by atoms with van der Waals surface area (Å²) in [5.74, 6) is 0.886. The maximum Gasteiger partial charge on any atom is 0.141 e. The molecule has 0 atom stereocenters. The molecule has 0 aliphatic rings. The first-order chi connectivity index (χ1) is 13.3. The number of fused-ring (bicyclic) bond motifs is 1. The van der Waals surface area contributed by atoms with E-state index >= 15 is 0 Å². The van der Waals surface area contributed by atoms with E-state index in [2.05, 4.69) is 81.6 Å². The maximum atomic E-state index is 5.03. The van der Waals surface area contributed by atoms with Gasteiger partial charge in [0.15, 0.2) is 0 Å². The predicted octanol–water partition coefficient (Wildman–Crippen LogP) is 7.39. The van der Waals surface area contributed by atoms with Gasteiger partial charge < -0.3 is 4.98 Å². The number of halogens is 1. The Hall–Kier alpha value is -2.69. The Labute approximate surface area is 169 Å². The first kappa shape index (κ1) is 16.5. The van der Waals surface area contributed by atoms with Crippen LogP contribution in [0.15, 0.2) is 88.7 Å². The lowest BCUT2D eigenvalue weighted by Crippen LogP contribution is -1.82. The van der Waals surface area contributed by atoms with Crippen LogP contribution in [0.4, 0.5) is 0 Å². The van der Waals surface area contributed by atoms with Crippen molar-refractivity contribution in [3.05, 3.63) is 88.7 Å². The zero-order chi connectivity index (χ0) is 18.2. The van der Waals surface area contributed by atoms with Crippen molar-refractivity contribution in [2.75, 3.05) is 0 Å². The highest BCUT2D eigenvalue weighted by atomic mass is 79.9. The monoisotopic (exact) mass is 430 g/mol. The molecule has 4 heteroatoms. The number of aromatic nitrogens is 2. The Bertz CT molecular complexity index is 1170. The van der Waals surface area contributed by atoms with Gasteiger partial charge in [-0.15, -0.1) is 11.3 Å². The number of nitrogens with one attached hydrogen (secondary N) is 1. The van der Waals surface area contributed by atoms with E-state index in [4.69, 9.17) is 4.98 Å². The predicted molar refractivity (Wildman–Crippen MR) is 118 cm³/mol. The summed E-state index contributed by atoms with van der Waals surface area (Å²) in [6.07, 6.45) is 0. The van der Waals surface area contributed by atoms with Crippen LogP contribution in [0.3, 0.4) is 0 Å². The first-order valence-electron chi connectivity index (χ1n) is 8.69. The molecular formula is C23H15BrN2S. The summed E-state index contributed by atoms with van der Waals surface area (Å²) in [5.41, 5.74) is 5.37. The van der Waals surface area contributed by atoms with Crippen LogP contribution in [0.25, 0.3) is 44.0 Å². The molecule has 2 heterocycles. The number of hydrogen-bond donors (Lipinski definition) is 1. The summed E-state index contributed by atoms with van der Waals surface area (Å²) < 4.78 is 2.34. The van der Waals surface area contributed by atoms with Gasteiger partial charge >= 0.3 is 0 Å². The molecule has 0 aliphatic carbocycles. The number of rotatable bonds is 3. The summed E-state index contributed by atoms with van der Waals surface area (Å²) in [6, 6.07) is 29.2. The van der Waals surface area contributed by atoms with Crippen molar-refractivity contribution in [3.63, 3.8) is 0 Å². The molecule has 5 aromatic rings. The Morgan fingerprint density at radius 1 is 0.741 bits per heavy atom. The van der Waals surface area contributed by atoms with E-state index in [1.54, 1.807) is 11.3 Å². The van der Waals surface area contributed by atoms with Crippen LogP contribution in [0.5, 0.6) is 0 Å². The Balaban J connectivity index is 1.78. The topological polar surface area (TPSA) is 28.7 Å². The van der Waals surface area contributed by atoms with Gasteiger partial charge in [0, 0.05) is 21.2 Å². The molecule has 0 aliphatic heterocycles. The summed E-state index contributed by atoms with van der Waals surface area (Å²) in [7, 11) is 0. The van der Waals surface area contributed by atoms with Crippen LogP contribution in [0.2, 0.25) is 0 Å². The van der Waals surface area contributed by atoms with E-state index in [0.717, 1.165) is 37.7 Å². The maximum absolute atomic E-state index is 5.03. The molecule has 0 saturated carbocycles. The minimum Gasteiger partial charge on any atom is -0.337 e. The van der Waals surface area contributed by atoms with Crippen molar-refractivity contribution in [1.82, 2.24) is 9.97 Å². The van der Waals surface area contributed by atoms with Crippen LogP contribution < -0.4 is 0 Å². The number of thiophene rings is 1. The van der Waals surface area contributed by atoms with Crippen LogP contribution in [-0.2, 0) is 0 Å². The van der Waals surface area contributed by atoms with Gasteiger partial charge in [-0.25, -0.2) is 4.98 Å². The third-order valence-electron chi connectivity index (χ3n) is 4.60. The second kappa shape index (κ2) is 6.80. The highest BCUT2D eigenvalue weighted by Crippen LogP contribution is 2.43. The SMILES string of the molecule is Brc1sc2ccccc2c1-c1nc(-c2ccccc2)c(-c2ccccc2)[nH]1. The number of H-pyrrole nitrogens is 1. The fraction of sp³-hybridized carbons (Fsp3) is 0. The van der Waals surface area contributed by atoms with Crippen molar-refractivity contribution in [2.45, 2.75) is 0 Å². The molecule has 0 saturated heterocycles. The van der Waals surface area contributed by atoms with Crippen molar-refractivity contribution in [2.24, 2.45) is 0 Å². The third kappa shape index (κ3) is 2.91. The first-order valence-corrected chi connectivity index (χ1v) is 10.3. The molecule has 1 N–H and O–H groups in total. The van der Waals surface area contributed by atoms with Crippen LogP contribution in [0, 0.1) is 0 Å². The van der Waals surface area contributed by atoms with Crippen molar-refractivity contribution in [3.8, 4) is 33.9 Å². The van der Waals surface area contributed by atoms with Gasteiger partial charge in [-0.05, 0) is 22.0 Å². The largest absolute Gasteiger partial charge is 0.337 e. The van der Waals surface area contributed by atoms with E-state index in [1.165, 1.54) is 10.1 Å². The molecule has 27 heavy (non-hydrogen) atoms. The molecule has 2 nitrogen and oxygen atoms in total. The van der Waals surface area contributed by atoms with Gasteiger partial charge in [0.25, 0.3) is 0 Å². The molecule has 0 bridgehead atoms. The molecule has 3 aromatic carbocycles. The van der Waals surface area contributed by atoms with Crippen molar-refractivity contribution in [1.29, 1.82) is 0 Å². The number of nitrogens with zero attached hydrogens (tertiary/aromatic N) is 1. The van der Waals surface area contributed by atoms with Gasteiger partial charge in [-0.3, -0.25) is 0 Å². The van der Waals surface area contributed by atoms with Gasteiger partial charge in [0.2, 0.25) is 0 Å². The normalized spacial score (nSPS) is 11.1. The van der Waals surface area contributed by atoms with Crippen molar-refractivity contribution < 1.29 is 0 Å². The molecular weight excluding hydrogens is 416 g/mol. The molecule has 0 spiro atoms. The molecule has 5 rings (SSSR count). The fourth-order valence-corrected chi connectivity index (χ4v) is 5.20. The van der Waals surface area contributed by atoms with E-state index in [0.29, 0.717) is 0 Å². The van der Waals surface area contributed by atoms with E-state index in [-0.39, 0.29) is 0 Å². The summed E-state index contributed by atoms with van der Waals surface area (Å²) in [4.78, 5) is 8.63. The zero-order valence-corrected chi connectivity index (χ0v) is 16.7. The van der Waals surface area contributed by atoms with Gasteiger partial charge in [0.05, 0.1) is 20.7 Å².